The van der Waals surface area contributed by atoms with Crippen LogP contribution in [0.2, 0.25) is 0 Å². The third-order valence-electron chi connectivity index (χ3n) is 5.75. The number of likely N-dealkylation sites (N-methyl/N-ethyl adjacent to an activating group) is 1. The van der Waals surface area contributed by atoms with E-state index in [2.05, 4.69) is 19.0 Å². The lowest BCUT2D eigenvalue weighted by Gasteiger charge is -2.28. The minimum absolute atomic E-state index is 0.0229. The molecular weight excluding hydrogens is 379 g/mol. The molecule has 6 heteroatoms. The fourth-order valence-corrected chi connectivity index (χ4v) is 3.96. The number of carbonyl (C=O) groups excluding carboxylic acids is 1. The second-order valence-electron chi connectivity index (χ2n) is 8.04. The molecule has 1 saturated heterocycles. The maximum absolute atomic E-state index is 13.6. The highest BCUT2D eigenvalue weighted by molar-refractivity contribution is 6.00. The summed E-state index contributed by atoms with van der Waals surface area (Å²) < 4.78 is 15.2. The number of halogens is 1. The van der Waals surface area contributed by atoms with Crippen molar-refractivity contribution < 1.29 is 9.18 Å². The van der Waals surface area contributed by atoms with E-state index in [0.29, 0.717) is 23.8 Å². The standard InChI is InChI=1S/C24H27FN4O/c1-27(2)21-10-6-7-15-28(16-21)24(30)22-17-29(20-8-4-3-5-9-20)26-23(22)18-11-13-19(25)14-12-18/h3-5,8-9,11-14,17,21H,6-7,10,15-16H2,1-2H3. The summed E-state index contributed by atoms with van der Waals surface area (Å²) in [5, 5.41) is 4.71. The van der Waals surface area contributed by atoms with Gasteiger partial charge in [-0.05, 0) is 63.3 Å². The Morgan fingerprint density at radius 3 is 2.50 bits per heavy atom. The molecule has 1 fully saturated rings. The predicted octanol–water partition coefficient (Wildman–Crippen LogP) is 4.23. The van der Waals surface area contributed by atoms with Crippen LogP contribution in [0.25, 0.3) is 16.9 Å². The molecule has 0 bridgehead atoms. The molecule has 5 nitrogen and oxygen atoms in total. The lowest BCUT2D eigenvalue weighted by molar-refractivity contribution is 0.0726. The van der Waals surface area contributed by atoms with E-state index >= 15 is 0 Å². The molecule has 0 spiro atoms. The molecule has 1 atom stereocenters. The topological polar surface area (TPSA) is 41.4 Å². The molecule has 156 valence electrons. The van der Waals surface area contributed by atoms with Crippen molar-refractivity contribution in [1.82, 2.24) is 19.6 Å². The molecule has 0 radical (unpaired) electrons. The maximum Gasteiger partial charge on any atom is 0.257 e. The van der Waals surface area contributed by atoms with Crippen LogP contribution in [-0.4, -0.2) is 58.7 Å². The van der Waals surface area contributed by atoms with Crippen LogP contribution in [0.15, 0.2) is 60.8 Å². The Morgan fingerprint density at radius 2 is 1.80 bits per heavy atom. The summed E-state index contributed by atoms with van der Waals surface area (Å²) in [6.45, 7) is 1.44. The van der Waals surface area contributed by atoms with E-state index in [9.17, 15) is 9.18 Å². The minimum atomic E-state index is -0.310. The number of hydrogen-bond acceptors (Lipinski definition) is 3. The highest BCUT2D eigenvalue weighted by Crippen LogP contribution is 2.26. The van der Waals surface area contributed by atoms with Gasteiger partial charge in [0.25, 0.3) is 5.91 Å². The highest BCUT2D eigenvalue weighted by atomic mass is 19.1. The van der Waals surface area contributed by atoms with E-state index in [1.807, 2.05) is 35.2 Å². The smallest absolute Gasteiger partial charge is 0.257 e. The lowest BCUT2D eigenvalue weighted by atomic mass is 10.1. The number of rotatable bonds is 4. The zero-order chi connectivity index (χ0) is 21.1. The zero-order valence-electron chi connectivity index (χ0n) is 17.5. The van der Waals surface area contributed by atoms with Crippen LogP contribution in [0.4, 0.5) is 4.39 Å². The van der Waals surface area contributed by atoms with E-state index < -0.39 is 0 Å². The Kier molecular flexibility index (Phi) is 5.95. The lowest BCUT2D eigenvalue weighted by Crippen LogP contribution is -2.42. The van der Waals surface area contributed by atoms with Crippen LogP contribution in [0, 0.1) is 5.82 Å². The Hall–Kier alpha value is -2.99. The number of carbonyl (C=O) groups is 1. The summed E-state index contributed by atoms with van der Waals surface area (Å²) in [4.78, 5) is 17.7. The zero-order valence-corrected chi connectivity index (χ0v) is 17.5. The second-order valence-corrected chi connectivity index (χ2v) is 8.04. The normalized spacial score (nSPS) is 17.2. The van der Waals surface area contributed by atoms with Gasteiger partial charge in [0.05, 0.1) is 11.3 Å². The van der Waals surface area contributed by atoms with Crippen molar-refractivity contribution in [3.63, 3.8) is 0 Å². The summed E-state index contributed by atoms with van der Waals surface area (Å²) >= 11 is 0. The van der Waals surface area contributed by atoms with Crippen LogP contribution >= 0.6 is 0 Å². The van der Waals surface area contributed by atoms with Gasteiger partial charge in [0.15, 0.2) is 0 Å². The number of nitrogens with zero attached hydrogens (tertiary/aromatic N) is 4. The molecule has 3 aromatic rings. The molecule has 1 aromatic heterocycles. The van der Waals surface area contributed by atoms with Gasteiger partial charge in [0.2, 0.25) is 0 Å². The maximum atomic E-state index is 13.6. The number of hydrogen-bond donors (Lipinski definition) is 0. The Balaban J connectivity index is 1.74. The molecule has 1 aliphatic heterocycles. The van der Waals surface area contributed by atoms with E-state index in [1.54, 1.807) is 23.0 Å². The number of para-hydroxylation sites is 1. The van der Waals surface area contributed by atoms with Gasteiger partial charge in [-0.25, -0.2) is 9.07 Å². The van der Waals surface area contributed by atoms with Crippen molar-refractivity contribution >= 4 is 5.91 Å². The number of amides is 1. The van der Waals surface area contributed by atoms with Gasteiger partial charge in [-0.2, -0.15) is 5.10 Å². The van der Waals surface area contributed by atoms with Crippen molar-refractivity contribution in [1.29, 1.82) is 0 Å². The molecule has 1 amide bonds. The molecule has 2 heterocycles. The molecule has 30 heavy (non-hydrogen) atoms. The molecule has 1 aliphatic rings. The molecule has 1 unspecified atom stereocenters. The summed E-state index contributed by atoms with van der Waals surface area (Å²) in [6, 6.07) is 16.2. The largest absolute Gasteiger partial charge is 0.337 e. The quantitative estimate of drug-likeness (QED) is 0.651. The van der Waals surface area contributed by atoms with Crippen LogP contribution in [-0.2, 0) is 0 Å². The monoisotopic (exact) mass is 406 g/mol. The summed E-state index contributed by atoms with van der Waals surface area (Å²) in [5.41, 5.74) is 2.73. The highest BCUT2D eigenvalue weighted by Gasteiger charge is 2.27. The Morgan fingerprint density at radius 1 is 1.07 bits per heavy atom. The first-order valence-electron chi connectivity index (χ1n) is 10.4. The minimum Gasteiger partial charge on any atom is -0.337 e. The van der Waals surface area contributed by atoms with E-state index in [1.165, 1.54) is 12.1 Å². The van der Waals surface area contributed by atoms with Gasteiger partial charge in [-0.15, -0.1) is 0 Å². The van der Waals surface area contributed by atoms with E-state index in [4.69, 9.17) is 5.10 Å². The third-order valence-corrected chi connectivity index (χ3v) is 5.75. The first-order valence-corrected chi connectivity index (χ1v) is 10.4. The first kappa shape index (κ1) is 20.3. The molecular formula is C24H27FN4O. The van der Waals surface area contributed by atoms with Crippen molar-refractivity contribution in [2.45, 2.75) is 25.3 Å². The van der Waals surface area contributed by atoms with Crippen LogP contribution in [0.5, 0.6) is 0 Å². The summed E-state index contributed by atoms with van der Waals surface area (Å²) in [5.74, 6) is -0.333. The summed E-state index contributed by atoms with van der Waals surface area (Å²) in [7, 11) is 4.13. The fourth-order valence-electron chi connectivity index (χ4n) is 3.96. The first-order chi connectivity index (χ1) is 14.5. The Bertz CT molecular complexity index is 998. The number of aromatic nitrogens is 2. The van der Waals surface area contributed by atoms with E-state index in [-0.39, 0.29) is 11.7 Å². The van der Waals surface area contributed by atoms with Gasteiger partial charge in [0.1, 0.15) is 11.5 Å². The third kappa shape index (κ3) is 4.28. The molecule has 2 aromatic carbocycles. The van der Waals surface area contributed by atoms with Crippen molar-refractivity contribution in [3.05, 3.63) is 72.2 Å². The number of likely N-dealkylation sites (tertiary alicyclic amines) is 1. The van der Waals surface area contributed by atoms with Gasteiger partial charge >= 0.3 is 0 Å². The molecule has 0 N–H and O–H groups in total. The average molecular weight is 407 g/mol. The van der Waals surface area contributed by atoms with Crippen molar-refractivity contribution in [2.24, 2.45) is 0 Å². The molecule has 0 aliphatic carbocycles. The van der Waals surface area contributed by atoms with Crippen molar-refractivity contribution in [2.75, 3.05) is 27.2 Å². The van der Waals surface area contributed by atoms with Gasteiger partial charge < -0.3 is 9.80 Å². The van der Waals surface area contributed by atoms with Crippen LogP contribution in [0.3, 0.4) is 0 Å². The molecule has 0 saturated carbocycles. The van der Waals surface area contributed by atoms with Gasteiger partial charge in [-0.3, -0.25) is 4.79 Å². The van der Waals surface area contributed by atoms with Gasteiger partial charge in [-0.1, -0.05) is 24.6 Å². The van der Waals surface area contributed by atoms with Crippen LogP contribution in [0.1, 0.15) is 29.6 Å². The number of benzene rings is 2. The van der Waals surface area contributed by atoms with Gasteiger partial charge in [0, 0.05) is 30.9 Å². The Labute approximate surface area is 176 Å². The van der Waals surface area contributed by atoms with E-state index in [0.717, 1.165) is 37.1 Å². The SMILES string of the molecule is CN(C)C1CCCCN(C(=O)c2cn(-c3ccccc3)nc2-c2ccc(F)cc2)C1. The average Bonchev–Trinajstić information content (AvgIpc) is 3.04. The van der Waals surface area contributed by atoms with Crippen molar-refractivity contribution in [3.8, 4) is 16.9 Å². The second kappa shape index (κ2) is 8.79. The fraction of sp³-hybridized carbons (Fsp3) is 0.333. The predicted molar refractivity (Wildman–Crippen MR) is 116 cm³/mol. The van der Waals surface area contributed by atoms with Crippen LogP contribution < -0.4 is 0 Å². The molecule has 4 rings (SSSR count). The summed E-state index contributed by atoms with van der Waals surface area (Å²) in [6.07, 6.45) is 4.99.